The van der Waals surface area contributed by atoms with Crippen LogP contribution < -0.4 is 5.32 Å². The van der Waals surface area contributed by atoms with E-state index in [0.717, 1.165) is 6.42 Å². The molecule has 1 aromatic carbocycles. The van der Waals surface area contributed by atoms with E-state index in [9.17, 15) is 4.39 Å². The van der Waals surface area contributed by atoms with Gasteiger partial charge < -0.3 is 10.1 Å². The maximum atomic E-state index is 13.1. The Morgan fingerprint density at radius 3 is 2.94 bits per heavy atom. The van der Waals surface area contributed by atoms with Crippen molar-refractivity contribution in [1.29, 1.82) is 5.26 Å². The molecule has 0 spiro atoms. The second kappa shape index (κ2) is 7.42. The molecule has 0 aliphatic rings. The van der Waals surface area contributed by atoms with Crippen LogP contribution in [-0.4, -0.2) is 19.8 Å². The van der Waals surface area contributed by atoms with Crippen LogP contribution in [0.5, 0.6) is 0 Å². The number of nitriles is 1. The number of rotatable bonds is 7. The van der Waals surface area contributed by atoms with Gasteiger partial charge in [-0.15, -0.1) is 6.58 Å². The predicted octanol–water partition coefficient (Wildman–Crippen LogP) is 2.70. The lowest BCUT2D eigenvalue weighted by Crippen LogP contribution is -2.10. The number of hydrogen-bond donors (Lipinski definition) is 1. The Morgan fingerprint density at radius 2 is 2.24 bits per heavy atom. The number of ether oxygens (including phenoxy) is 1. The molecule has 1 N–H and O–H groups in total. The summed E-state index contributed by atoms with van der Waals surface area (Å²) in [7, 11) is 0. The fourth-order valence-electron chi connectivity index (χ4n) is 1.29. The zero-order chi connectivity index (χ0) is 12.5. The van der Waals surface area contributed by atoms with Crippen LogP contribution >= 0.6 is 0 Å². The van der Waals surface area contributed by atoms with E-state index in [0.29, 0.717) is 31.0 Å². The molecule has 0 fully saturated rings. The molecule has 90 valence electrons. The van der Waals surface area contributed by atoms with Gasteiger partial charge in [-0.3, -0.25) is 0 Å². The molecule has 0 radical (unpaired) electrons. The first-order chi connectivity index (χ1) is 8.26. The zero-order valence-corrected chi connectivity index (χ0v) is 9.58. The zero-order valence-electron chi connectivity index (χ0n) is 9.58. The van der Waals surface area contributed by atoms with Crippen molar-refractivity contribution >= 4 is 5.69 Å². The summed E-state index contributed by atoms with van der Waals surface area (Å²) in [4.78, 5) is 0. The summed E-state index contributed by atoms with van der Waals surface area (Å²) in [5.74, 6) is -0.417. The third-order valence-corrected chi connectivity index (χ3v) is 2.07. The Hall–Kier alpha value is -1.86. The van der Waals surface area contributed by atoms with Crippen LogP contribution in [0.3, 0.4) is 0 Å². The number of hydrogen-bond acceptors (Lipinski definition) is 3. The molecule has 3 nitrogen and oxygen atoms in total. The van der Waals surface area contributed by atoms with E-state index in [1.54, 1.807) is 12.1 Å². The summed E-state index contributed by atoms with van der Waals surface area (Å²) in [6.45, 7) is 5.33. The lowest BCUT2D eigenvalue weighted by atomic mass is 10.2. The monoisotopic (exact) mass is 234 g/mol. The minimum absolute atomic E-state index is 0.306. The van der Waals surface area contributed by atoms with Gasteiger partial charge in [0.2, 0.25) is 0 Å². The Labute approximate surface area is 101 Å². The van der Waals surface area contributed by atoms with Gasteiger partial charge in [0.15, 0.2) is 0 Å². The van der Waals surface area contributed by atoms with E-state index >= 15 is 0 Å². The van der Waals surface area contributed by atoms with E-state index in [4.69, 9.17) is 10.00 Å². The average Bonchev–Trinajstić information content (AvgIpc) is 2.33. The lowest BCUT2D eigenvalue weighted by molar-refractivity contribution is 0.149. The van der Waals surface area contributed by atoms with Crippen LogP contribution in [0.25, 0.3) is 0 Å². The predicted molar refractivity (Wildman–Crippen MR) is 65.2 cm³/mol. The van der Waals surface area contributed by atoms with Crippen molar-refractivity contribution in [3.05, 3.63) is 42.2 Å². The summed E-state index contributed by atoms with van der Waals surface area (Å²) in [5.41, 5.74) is 0.897. The summed E-state index contributed by atoms with van der Waals surface area (Å²) >= 11 is 0. The standard InChI is InChI=1S/C13H15FN2O/c1-2-3-5-17-6-4-16-13-8-11(10-15)7-12(14)9-13/h2,7-9,16H,1,3-6H2. The number of halogens is 1. The minimum atomic E-state index is -0.417. The van der Waals surface area contributed by atoms with Gasteiger partial charge in [-0.2, -0.15) is 5.26 Å². The number of nitrogens with zero attached hydrogens (tertiary/aromatic N) is 1. The second-order valence-electron chi connectivity index (χ2n) is 3.46. The Balaban J connectivity index is 2.34. The van der Waals surface area contributed by atoms with Crippen molar-refractivity contribution in [1.82, 2.24) is 0 Å². The molecule has 0 bridgehead atoms. The van der Waals surface area contributed by atoms with Gasteiger partial charge in [0.25, 0.3) is 0 Å². The van der Waals surface area contributed by atoms with Gasteiger partial charge in [0.1, 0.15) is 5.82 Å². The van der Waals surface area contributed by atoms with Gasteiger partial charge in [0, 0.05) is 12.2 Å². The van der Waals surface area contributed by atoms with E-state index < -0.39 is 5.82 Å². The first-order valence-electron chi connectivity index (χ1n) is 5.39. The molecule has 0 atom stereocenters. The molecule has 4 heteroatoms. The van der Waals surface area contributed by atoms with Crippen LogP contribution in [0.2, 0.25) is 0 Å². The van der Waals surface area contributed by atoms with Crippen molar-refractivity contribution in [2.45, 2.75) is 6.42 Å². The van der Waals surface area contributed by atoms with Crippen molar-refractivity contribution < 1.29 is 9.13 Å². The van der Waals surface area contributed by atoms with Gasteiger partial charge in [-0.25, -0.2) is 4.39 Å². The van der Waals surface area contributed by atoms with E-state index in [1.807, 2.05) is 6.07 Å². The summed E-state index contributed by atoms with van der Waals surface area (Å²) < 4.78 is 18.3. The molecule has 0 unspecified atom stereocenters. The normalized spacial score (nSPS) is 9.65. The minimum Gasteiger partial charge on any atom is -0.383 e. The fourth-order valence-corrected chi connectivity index (χ4v) is 1.29. The number of nitrogens with one attached hydrogen (secondary N) is 1. The highest BCUT2D eigenvalue weighted by atomic mass is 19.1. The molecule has 0 heterocycles. The third kappa shape index (κ3) is 5.14. The molecule has 0 amide bonds. The Bertz CT molecular complexity index is 412. The number of benzene rings is 1. The van der Waals surface area contributed by atoms with Crippen molar-refractivity contribution in [2.24, 2.45) is 0 Å². The van der Waals surface area contributed by atoms with Crippen molar-refractivity contribution in [3.8, 4) is 6.07 Å². The van der Waals surface area contributed by atoms with Crippen molar-refractivity contribution in [3.63, 3.8) is 0 Å². The summed E-state index contributed by atoms with van der Waals surface area (Å²) in [5, 5.41) is 11.7. The Kier molecular flexibility index (Phi) is 5.76. The highest BCUT2D eigenvalue weighted by Gasteiger charge is 1.99. The molecule has 0 aromatic heterocycles. The van der Waals surface area contributed by atoms with Gasteiger partial charge in [0.05, 0.1) is 24.8 Å². The summed E-state index contributed by atoms with van der Waals surface area (Å²) in [6.07, 6.45) is 2.61. The fraction of sp³-hybridized carbons (Fsp3) is 0.308. The highest BCUT2D eigenvalue weighted by molar-refractivity contribution is 5.49. The van der Waals surface area contributed by atoms with Crippen molar-refractivity contribution in [2.75, 3.05) is 25.1 Å². The quantitative estimate of drug-likeness (QED) is 0.582. The van der Waals surface area contributed by atoms with Gasteiger partial charge in [-0.05, 0) is 24.6 Å². The SMILES string of the molecule is C=CCCOCCNc1cc(F)cc(C#N)c1. The molecular formula is C13H15FN2O. The number of anilines is 1. The lowest BCUT2D eigenvalue weighted by Gasteiger charge is -2.07. The third-order valence-electron chi connectivity index (χ3n) is 2.07. The molecular weight excluding hydrogens is 219 g/mol. The molecule has 1 aromatic rings. The molecule has 0 saturated carbocycles. The maximum absolute atomic E-state index is 13.1. The topological polar surface area (TPSA) is 45.0 Å². The van der Waals surface area contributed by atoms with Crippen LogP contribution in [0.1, 0.15) is 12.0 Å². The Morgan fingerprint density at radius 1 is 1.41 bits per heavy atom. The molecule has 1 rings (SSSR count). The van der Waals surface area contributed by atoms with Crippen LogP contribution in [0.15, 0.2) is 30.9 Å². The van der Waals surface area contributed by atoms with Crippen LogP contribution in [0, 0.1) is 17.1 Å². The first-order valence-corrected chi connectivity index (χ1v) is 5.39. The second-order valence-corrected chi connectivity index (χ2v) is 3.46. The molecule has 0 saturated heterocycles. The van der Waals surface area contributed by atoms with Crippen LogP contribution in [-0.2, 0) is 4.74 Å². The molecule has 0 aliphatic heterocycles. The molecule has 0 aliphatic carbocycles. The van der Waals surface area contributed by atoms with E-state index in [1.165, 1.54) is 12.1 Å². The smallest absolute Gasteiger partial charge is 0.126 e. The van der Waals surface area contributed by atoms with E-state index in [-0.39, 0.29) is 0 Å². The molecule has 17 heavy (non-hydrogen) atoms. The van der Waals surface area contributed by atoms with Gasteiger partial charge in [-0.1, -0.05) is 6.08 Å². The van der Waals surface area contributed by atoms with Gasteiger partial charge >= 0.3 is 0 Å². The summed E-state index contributed by atoms with van der Waals surface area (Å²) in [6, 6.07) is 6.06. The van der Waals surface area contributed by atoms with Crippen LogP contribution in [0.4, 0.5) is 10.1 Å². The maximum Gasteiger partial charge on any atom is 0.126 e. The largest absolute Gasteiger partial charge is 0.383 e. The average molecular weight is 234 g/mol. The first kappa shape index (κ1) is 13.2. The van der Waals surface area contributed by atoms with E-state index in [2.05, 4.69) is 11.9 Å². The highest BCUT2D eigenvalue weighted by Crippen LogP contribution is 2.12.